The normalized spacial score (nSPS) is 13.4. The maximum absolute atomic E-state index is 12.7. The molecule has 1 amide bonds. The number of nitrogens with zero attached hydrogens (tertiary/aromatic N) is 3. The lowest BCUT2D eigenvalue weighted by atomic mass is 10.1. The molecule has 0 aliphatic carbocycles. The van der Waals surface area contributed by atoms with Gasteiger partial charge in [0.2, 0.25) is 5.91 Å². The molecule has 2 heterocycles. The highest BCUT2D eigenvalue weighted by Gasteiger charge is 2.30. The summed E-state index contributed by atoms with van der Waals surface area (Å²) in [5.41, 5.74) is -1.14. The van der Waals surface area contributed by atoms with E-state index in [4.69, 9.17) is 16.3 Å². The van der Waals surface area contributed by atoms with Crippen LogP contribution in [0.25, 0.3) is 5.69 Å². The van der Waals surface area contributed by atoms with Crippen molar-refractivity contribution in [2.45, 2.75) is 72.6 Å². The number of hydrogen-bond acceptors (Lipinski definition) is 4. The Morgan fingerprint density at radius 3 is 2.13 bits per heavy atom. The lowest BCUT2D eigenvalue weighted by Crippen LogP contribution is -2.42. The van der Waals surface area contributed by atoms with Gasteiger partial charge >= 0.3 is 11.9 Å². The van der Waals surface area contributed by atoms with Crippen molar-refractivity contribution >= 4 is 17.5 Å². The van der Waals surface area contributed by atoms with E-state index < -0.39 is 17.4 Å². The van der Waals surface area contributed by atoms with E-state index >= 15 is 0 Å². The molecule has 39 heavy (non-hydrogen) atoms. The van der Waals surface area contributed by atoms with Gasteiger partial charge in [-0.15, -0.1) is 0 Å². The molecule has 0 unspecified atom stereocenters. The molecule has 1 N–H and O–H groups in total. The van der Waals surface area contributed by atoms with E-state index in [9.17, 15) is 22.8 Å². The quantitative estimate of drug-likeness (QED) is 0.397. The summed E-state index contributed by atoms with van der Waals surface area (Å²) in [6.45, 7) is 17.1. The highest BCUT2D eigenvalue weighted by atomic mass is 35.5. The Hall–Kier alpha value is -3.11. The van der Waals surface area contributed by atoms with Crippen molar-refractivity contribution in [1.29, 1.82) is 0 Å². The van der Waals surface area contributed by atoms with Gasteiger partial charge in [0.25, 0.3) is 0 Å². The maximum Gasteiger partial charge on any atom is 0.416 e. The number of amides is 1. The largest absolute Gasteiger partial charge is 0.416 e. The van der Waals surface area contributed by atoms with Crippen molar-refractivity contribution in [3.8, 4) is 5.69 Å². The first-order valence-electron chi connectivity index (χ1n) is 12.7. The fourth-order valence-corrected chi connectivity index (χ4v) is 3.40. The van der Waals surface area contributed by atoms with E-state index in [0.29, 0.717) is 26.1 Å². The molecule has 0 atom stereocenters. The van der Waals surface area contributed by atoms with Crippen LogP contribution in [0.1, 0.15) is 58.3 Å². The Labute approximate surface area is 234 Å². The molecule has 7 nitrogen and oxygen atoms in total. The average Bonchev–Trinajstić information content (AvgIpc) is 3.18. The summed E-state index contributed by atoms with van der Waals surface area (Å²) in [7, 11) is 0. The fraction of sp³-hybridized carbons (Fsp3) is 0.464. The van der Waals surface area contributed by atoms with Gasteiger partial charge in [-0.3, -0.25) is 4.79 Å². The maximum atomic E-state index is 12.7. The van der Waals surface area contributed by atoms with Crippen LogP contribution in [0.5, 0.6) is 0 Å². The number of aromatic nitrogens is 3. The first-order chi connectivity index (χ1) is 18.4. The molecule has 0 bridgehead atoms. The Bertz CT molecular complexity index is 1090. The summed E-state index contributed by atoms with van der Waals surface area (Å²) >= 11 is 5.44. The molecular formula is C28H40ClF3N4O3. The van der Waals surface area contributed by atoms with Gasteiger partial charge in [-0.2, -0.15) is 18.3 Å². The number of carbonyl (C=O) groups is 1. The van der Waals surface area contributed by atoms with Gasteiger partial charge in [0, 0.05) is 24.3 Å². The average molecular weight is 573 g/mol. The first kappa shape index (κ1) is 35.9. The number of aryl methyl sites for hydroxylation is 1. The van der Waals surface area contributed by atoms with E-state index in [0.717, 1.165) is 28.3 Å². The first-order valence-corrected chi connectivity index (χ1v) is 13.1. The number of halogens is 4. The summed E-state index contributed by atoms with van der Waals surface area (Å²) in [6, 6.07) is 4.20. The van der Waals surface area contributed by atoms with Gasteiger partial charge in [0.15, 0.2) is 0 Å². The second-order valence-electron chi connectivity index (χ2n) is 7.99. The SMILES string of the molecule is C=CC=C.CC.CC/C=C(\C)Cl.Cc1nn(CC(=O)NC2CCOCC2)c(=O)n1-c1ccc(C(F)(F)F)cc1. The zero-order valence-corrected chi connectivity index (χ0v) is 24.1. The summed E-state index contributed by atoms with van der Waals surface area (Å²) in [5, 5.41) is 7.77. The molecule has 1 aromatic carbocycles. The van der Waals surface area contributed by atoms with Crippen molar-refractivity contribution in [3.63, 3.8) is 0 Å². The highest BCUT2D eigenvalue weighted by molar-refractivity contribution is 6.29. The zero-order valence-electron chi connectivity index (χ0n) is 23.4. The topological polar surface area (TPSA) is 78.2 Å². The van der Waals surface area contributed by atoms with Gasteiger partial charge in [0.1, 0.15) is 12.4 Å². The van der Waals surface area contributed by atoms with E-state index in [2.05, 4.69) is 30.5 Å². The summed E-state index contributed by atoms with van der Waals surface area (Å²) < 4.78 is 45.4. The Morgan fingerprint density at radius 2 is 1.72 bits per heavy atom. The van der Waals surface area contributed by atoms with Gasteiger partial charge < -0.3 is 10.1 Å². The van der Waals surface area contributed by atoms with Gasteiger partial charge in [-0.05, 0) is 57.4 Å². The van der Waals surface area contributed by atoms with Crippen LogP contribution in [0.15, 0.2) is 65.5 Å². The number of nitrogens with one attached hydrogen (secondary N) is 1. The lowest BCUT2D eigenvalue weighted by Gasteiger charge is -2.22. The minimum atomic E-state index is -4.45. The second-order valence-corrected chi connectivity index (χ2v) is 8.59. The number of benzene rings is 1. The molecule has 1 fully saturated rings. The Morgan fingerprint density at radius 1 is 1.18 bits per heavy atom. The highest BCUT2D eigenvalue weighted by Crippen LogP contribution is 2.29. The van der Waals surface area contributed by atoms with Crippen LogP contribution < -0.4 is 11.0 Å². The van der Waals surface area contributed by atoms with Crippen molar-refractivity contribution in [3.05, 3.63) is 82.6 Å². The summed E-state index contributed by atoms with van der Waals surface area (Å²) in [5.74, 6) is -0.0697. The number of rotatable bonds is 6. The standard InChI is InChI=1S/C17H19F3N4O3.C5H9Cl.C4H6.C2H6/c1-11-22-23(10-15(25)21-13-6-8-27-9-7-13)16(26)24(11)14-4-2-12(3-5-14)17(18,19)20;1-3-4-5(2)6;1-3-4-2;1-2/h2-5,13H,6-10H2,1H3,(H,21,25);4H,3H2,1-2H3;3-4H,1-2H2;1-2H3/b;5-4+;;. The minimum absolute atomic E-state index is 0.0000441. The van der Waals surface area contributed by atoms with Crippen molar-refractivity contribution in [2.75, 3.05) is 13.2 Å². The molecule has 0 radical (unpaired) electrons. The van der Waals surface area contributed by atoms with E-state index in [1.165, 1.54) is 16.7 Å². The number of allylic oxidation sites excluding steroid dienone is 4. The predicted octanol–water partition coefficient (Wildman–Crippen LogP) is 6.58. The Kier molecular flexibility index (Phi) is 17.5. The van der Waals surface area contributed by atoms with Gasteiger partial charge in [0.05, 0.1) is 11.3 Å². The van der Waals surface area contributed by atoms with E-state index in [1.54, 1.807) is 19.1 Å². The van der Waals surface area contributed by atoms with Crippen LogP contribution >= 0.6 is 11.6 Å². The molecule has 218 valence electrons. The molecule has 0 spiro atoms. The number of hydrogen-bond donors (Lipinski definition) is 1. The molecule has 1 saturated heterocycles. The van der Waals surface area contributed by atoms with E-state index in [-0.39, 0.29) is 30.0 Å². The molecule has 0 saturated carbocycles. The number of ether oxygens (including phenoxy) is 1. The van der Waals surface area contributed by atoms with Crippen LogP contribution in [0.4, 0.5) is 13.2 Å². The third-order valence-electron chi connectivity index (χ3n) is 4.99. The van der Waals surface area contributed by atoms with Crippen LogP contribution in [0, 0.1) is 6.92 Å². The van der Waals surface area contributed by atoms with Gasteiger partial charge in [-0.1, -0.05) is 63.8 Å². The van der Waals surface area contributed by atoms with Crippen LogP contribution in [0.3, 0.4) is 0 Å². The predicted molar refractivity (Wildman–Crippen MR) is 151 cm³/mol. The molecule has 11 heteroatoms. The lowest BCUT2D eigenvalue weighted by molar-refractivity contribution is -0.137. The van der Waals surface area contributed by atoms with Crippen molar-refractivity contribution < 1.29 is 22.7 Å². The van der Waals surface area contributed by atoms with Crippen LogP contribution in [0.2, 0.25) is 0 Å². The molecule has 1 aromatic heterocycles. The van der Waals surface area contributed by atoms with Crippen molar-refractivity contribution in [1.82, 2.24) is 19.7 Å². The third kappa shape index (κ3) is 13.5. The number of carbonyl (C=O) groups excluding carboxylic acids is 1. The summed E-state index contributed by atoms with van der Waals surface area (Å²) in [4.78, 5) is 24.7. The third-order valence-corrected chi connectivity index (χ3v) is 5.14. The molecule has 1 aliphatic rings. The smallest absolute Gasteiger partial charge is 0.381 e. The Balaban J connectivity index is 0.00000102. The summed E-state index contributed by atoms with van der Waals surface area (Å²) in [6.07, 6.45) is 3.25. The van der Waals surface area contributed by atoms with Crippen LogP contribution in [-0.4, -0.2) is 39.5 Å². The molecule has 1 aliphatic heterocycles. The molecule has 2 aromatic rings. The van der Waals surface area contributed by atoms with Crippen LogP contribution in [-0.2, 0) is 22.3 Å². The zero-order chi connectivity index (χ0) is 30.0. The second kappa shape index (κ2) is 19.0. The van der Waals surface area contributed by atoms with Gasteiger partial charge in [-0.25, -0.2) is 14.0 Å². The number of alkyl halides is 3. The fourth-order valence-electron chi connectivity index (χ4n) is 3.25. The minimum Gasteiger partial charge on any atom is -0.381 e. The molecular weight excluding hydrogens is 533 g/mol. The van der Waals surface area contributed by atoms with Crippen molar-refractivity contribution in [2.24, 2.45) is 0 Å². The monoisotopic (exact) mass is 572 g/mol. The van der Waals surface area contributed by atoms with E-state index in [1.807, 2.05) is 26.8 Å². The molecule has 3 rings (SSSR count).